The van der Waals surface area contributed by atoms with Crippen LogP contribution in [-0.2, 0) is 19.1 Å². The second kappa shape index (κ2) is 11.9. The maximum atomic E-state index is 12.5. The number of alkyl carbamates (subject to hydrolysis) is 1. The van der Waals surface area contributed by atoms with Crippen molar-refractivity contribution in [3.05, 3.63) is 0 Å². The molecule has 0 heterocycles. The summed E-state index contributed by atoms with van der Waals surface area (Å²) in [5, 5.41) is 17.3. The van der Waals surface area contributed by atoms with Gasteiger partial charge in [0, 0.05) is 12.5 Å². The Morgan fingerprint density at radius 1 is 1.00 bits per heavy atom. The van der Waals surface area contributed by atoms with Crippen molar-refractivity contribution >= 4 is 23.9 Å². The van der Waals surface area contributed by atoms with Crippen LogP contribution in [-0.4, -0.2) is 53.2 Å². The Hall–Kier alpha value is -2.32. The van der Waals surface area contributed by atoms with Crippen LogP contribution in [0.1, 0.15) is 73.6 Å². The van der Waals surface area contributed by atoms with Crippen molar-refractivity contribution in [3.8, 4) is 0 Å². The number of carboxylic acids is 1. The normalized spacial score (nSPS) is 21.0. The van der Waals surface area contributed by atoms with E-state index in [0.29, 0.717) is 25.8 Å². The Labute approximate surface area is 185 Å². The lowest BCUT2D eigenvalue weighted by molar-refractivity contribution is -0.143. The highest BCUT2D eigenvalue weighted by atomic mass is 16.6. The summed E-state index contributed by atoms with van der Waals surface area (Å²) in [6.07, 6.45) is 2.62. The lowest BCUT2D eigenvalue weighted by Gasteiger charge is -2.29. The van der Waals surface area contributed by atoms with E-state index in [9.17, 15) is 24.3 Å². The maximum Gasteiger partial charge on any atom is 0.408 e. The van der Waals surface area contributed by atoms with Crippen molar-refractivity contribution < 1.29 is 29.0 Å². The van der Waals surface area contributed by atoms with Crippen LogP contribution in [0.25, 0.3) is 0 Å². The van der Waals surface area contributed by atoms with Crippen molar-refractivity contribution in [2.75, 3.05) is 6.54 Å². The molecule has 1 saturated carbocycles. The van der Waals surface area contributed by atoms with E-state index in [1.54, 1.807) is 27.7 Å². The van der Waals surface area contributed by atoms with Crippen molar-refractivity contribution in [2.45, 2.75) is 91.3 Å². The Morgan fingerprint density at radius 2 is 1.58 bits per heavy atom. The SMILES string of the molecule is CC(C)C[C@@H](NC(=O)C1CCC(CNC(=O)[C@@H](C)NC(=O)OC(C)(C)C)CC1)C(=O)O. The van der Waals surface area contributed by atoms with E-state index in [-0.39, 0.29) is 29.6 Å². The van der Waals surface area contributed by atoms with Gasteiger partial charge in [0.15, 0.2) is 0 Å². The van der Waals surface area contributed by atoms with Crippen LogP contribution >= 0.6 is 0 Å². The van der Waals surface area contributed by atoms with Gasteiger partial charge in [-0.05, 0) is 71.6 Å². The molecule has 0 saturated heterocycles. The van der Waals surface area contributed by atoms with E-state index in [0.717, 1.165) is 12.8 Å². The zero-order chi connectivity index (χ0) is 23.8. The number of nitrogens with one attached hydrogen (secondary N) is 3. The molecule has 1 aliphatic carbocycles. The largest absolute Gasteiger partial charge is 0.480 e. The van der Waals surface area contributed by atoms with Crippen molar-refractivity contribution in [2.24, 2.45) is 17.8 Å². The molecule has 0 bridgehead atoms. The molecule has 1 rings (SSSR count). The molecule has 4 N–H and O–H groups in total. The standard InChI is InChI=1S/C22H39N3O6/c1-13(2)11-17(20(28)29)25-19(27)16-9-7-15(8-10-16)12-23-18(26)14(3)24-21(30)31-22(4,5)6/h13-17H,7-12H2,1-6H3,(H,23,26)(H,24,30)(H,25,27)(H,28,29)/t14-,15?,16?,17-/m1/s1. The topological polar surface area (TPSA) is 134 Å². The van der Waals surface area contributed by atoms with Crippen LogP contribution in [0.3, 0.4) is 0 Å². The summed E-state index contributed by atoms with van der Waals surface area (Å²) < 4.78 is 5.15. The van der Waals surface area contributed by atoms with Gasteiger partial charge >= 0.3 is 12.1 Å². The summed E-state index contributed by atoms with van der Waals surface area (Å²) in [5.41, 5.74) is -0.634. The van der Waals surface area contributed by atoms with E-state index < -0.39 is 29.7 Å². The molecular formula is C22H39N3O6. The zero-order valence-electron chi connectivity index (χ0n) is 19.6. The maximum absolute atomic E-state index is 12.5. The van der Waals surface area contributed by atoms with Crippen LogP contribution in [0.4, 0.5) is 4.79 Å². The molecular weight excluding hydrogens is 402 g/mol. The fraction of sp³-hybridized carbons (Fsp3) is 0.818. The summed E-state index contributed by atoms with van der Waals surface area (Å²) in [6.45, 7) is 11.2. The molecule has 0 aliphatic heterocycles. The van der Waals surface area contributed by atoms with E-state index in [2.05, 4.69) is 16.0 Å². The van der Waals surface area contributed by atoms with E-state index in [1.807, 2.05) is 13.8 Å². The van der Waals surface area contributed by atoms with Crippen LogP contribution in [0.2, 0.25) is 0 Å². The number of carboxylic acid groups (broad SMARTS) is 1. The van der Waals surface area contributed by atoms with Crippen molar-refractivity contribution in [3.63, 3.8) is 0 Å². The van der Waals surface area contributed by atoms with Crippen LogP contribution in [0.15, 0.2) is 0 Å². The molecule has 0 radical (unpaired) electrons. The number of amides is 3. The predicted octanol–water partition coefficient (Wildman–Crippen LogP) is 2.44. The number of carbonyl (C=O) groups is 4. The minimum absolute atomic E-state index is 0.174. The first kappa shape index (κ1) is 26.7. The summed E-state index contributed by atoms with van der Waals surface area (Å²) in [5.74, 6) is -1.28. The third-order valence-electron chi connectivity index (χ3n) is 5.23. The first-order chi connectivity index (χ1) is 14.3. The fourth-order valence-corrected chi connectivity index (χ4v) is 3.56. The number of hydrogen-bond donors (Lipinski definition) is 4. The molecule has 0 spiro atoms. The molecule has 0 aromatic rings. The molecule has 3 amide bonds. The predicted molar refractivity (Wildman–Crippen MR) is 116 cm³/mol. The third-order valence-corrected chi connectivity index (χ3v) is 5.23. The molecule has 0 aromatic heterocycles. The number of ether oxygens (including phenoxy) is 1. The second-order valence-electron chi connectivity index (χ2n) is 9.86. The number of aliphatic carboxylic acids is 1. The van der Waals surface area contributed by atoms with E-state index >= 15 is 0 Å². The second-order valence-corrected chi connectivity index (χ2v) is 9.86. The van der Waals surface area contributed by atoms with Crippen LogP contribution < -0.4 is 16.0 Å². The third kappa shape index (κ3) is 10.5. The average Bonchev–Trinajstić information content (AvgIpc) is 2.63. The van der Waals surface area contributed by atoms with Gasteiger partial charge in [0.05, 0.1) is 0 Å². The highest BCUT2D eigenvalue weighted by Crippen LogP contribution is 2.28. The van der Waals surface area contributed by atoms with Gasteiger partial charge in [0.2, 0.25) is 11.8 Å². The summed E-state index contributed by atoms with van der Waals surface area (Å²) in [7, 11) is 0. The fourth-order valence-electron chi connectivity index (χ4n) is 3.56. The highest BCUT2D eigenvalue weighted by molar-refractivity contribution is 5.85. The zero-order valence-corrected chi connectivity index (χ0v) is 19.6. The average molecular weight is 442 g/mol. The summed E-state index contributed by atoms with van der Waals surface area (Å²) in [4.78, 5) is 47.8. The molecule has 1 aliphatic rings. The Bertz CT molecular complexity index is 636. The van der Waals surface area contributed by atoms with Crippen LogP contribution in [0, 0.1) is 17.8 Å². The number of hydrogen-bond acceptors (Lipinski definition) is 5. The minimum Gasteiger partial charge on any atom is -0.480 e. The van der Waals surface area contributed by atoms with Gasteiger partial charge in [0.25, 0.3) is 0 Å². The van der Waals surface area contributed by atoms with Gasteiger partial charge in [-0.3, -0.25) is 9.59 Å². The molecule has 178 valence electrons. The van der Waals surface area contributed by atoms with Gasteiger partial charge in [-0.25, -0.2) is 9.59 Å². The minimum atomic E-state index is -1.01. The van der Waals surface area contributed by atoms with E-state index in [4.69, 9.17) is 4.74 Å². The lowest BCUT2D eigenvalue weighted by atomic mass is 9.81. The first-order valence-electron chi connectivity index (χ1n) is 11.1. The molecule has 31 heavy (non-hydrogen) atoms. The summed E-state index contributed by atoms with van der Waals surface area (Å²) >= 11 is 0. The molecule has 0 unspecified atom stereocenters. The Balaban J connectivity index is 2.38. The first-order valence-corrected chi connectivity index (χ1v) is 11.1. The molecule has 2 atom stereocenters. The Kier molecular flexibility index (Phi) is 10.3. The molecule has 1 fully saturated rings. The number of rotatable bonds is 9. The van der Waals surface area contributed by atoms with Gasteiger partial charge in [-0.1, -0.05) is 13.8 Å². The smallest absolute Gasteiger partial charge is 0.408 e. The van der Waals surface area contributed by atoms with Gasteiger partial charge in [0.1, 0.15) is 17.7 Å². The molecule has 0 aromatic carbocycles. The number of carbonyl (C=O) groups excluding carboxylic acids is 3. The molecule has 9 nitrogen and oxygen atoms in total. The lowest BCUT2D eigenvalue weighted by Crippen LogP contribution is -2.48. The van der Waals surface area contributed by atoms with Crippen molar-refractivity contribution in [1.82, 2.24) is 16.0 Å². The van der Waals surface area contributed by atoms with Gasteiger partial charge < -0.3 is 25.8 Å². The monoisotopic (exact) mass is 441 g/mol. The highest BCUT2D eigenvalue weighted by Gasteiger charge is 2.30. The Morgan fingerprint density at radius 3 is 2.06 bits per heavy atom. The van der Waals surface area contributed by atoms with Gasteiger partial charge in [-0.15, -0.1) is 0 Å². The van der Waals surface area contributed by atoms with Crippen LogP contribution in [0.5, 0.6) is 0 Å². The molecule has 9 heteroatoms. The summed E-state index contributed by atoms with van der Waals surface area (Å²) in [6, 6.07) is -1.57. The quantitative estimate of drug-likeness (QED) is 0.434. The van der Waals surface area contributed by atoms with Crippen molar-refractivity contribution in [1.29, 1.82) is 0 Å². The van der Waals surface area contributed by atoms with Gasteiger partial charge in [-0.2, -0.15) is 0 Å². The van der Waals surface area contributed by atoms with E-state index in [1.165, 1.54) is 0 Å².